The molecule has 0 aliphatic rings. The van der Waals surface area contributed by atoms with Crippen molar-refractivity contribution in [2.75, 3.05) is 36.0 Å². The molecule has 0 saturated heterocycles. The number of nitrogens with zero attached hydrogens (tertiary/aromatic N) is 4. The predicted molar refractivity (Wildman–Crippen MR) is 194 cm³/mol. The molecule has 0 atom stereocenters. The Hall–Kier alpha value is -3.33. The highest BCUT2D eigenvalue weighted by Gasteiger charge is 2.18. The van der Waals surface area contributed by atoms with E-state index in [1.165, 1.54) is 120 Å². The summed E-state index contributed by atoms with van der Waals surface area (Å²) in [5.41, 5.74) is 4.51. The van der Waals surface area contributed by atoms with Gasteiger partial charge in [0.25, 0.3) is 5.69 Å². The van der Waals surface area contributed by atoms with E-state index in [-0.39, 0.29) is 11.3 Å². The van der Waals surface area contributed by atoms with Crippen LogP contribution >= 0.6 is 0 Å². The molecule has 6 heteroatoms. The van der Waals surface area contributed by atoms with E-state index in [0.29, 0.717) is 0 Å². The molecule has 0 amide bonds. The molecule has 0 fully saturated rings. The molecule has 0 radical (unpaired) electrons. The maximum atomic E-state index is 11.3. The number of hydrogen-bond donors (Lipinski definition) is 0. The third-order valence-corrected chi connectivity index (χ3v) is 8.61. The summed E-state index contributed by atoms with van der Waals surface area (Å²) in [7, 11) is 0. The van der Waals surface area contributed by atoms with Crippen LogP contribution in [0.5, 0.6) is 0 Å². The van der Waals surface area contributed by atoms with Gasteiger partial charge in [0.2, 0.25) is 0 Å². The zero-order valence-corrected chi connectivity index (χ0v) is 28.9. The Morgan fingerprint density at radius 2 is 1.04 bits per heavy atom. The van der Waals surface area contributed by atoms with Gasteiger partial charge in [0.15, 0.2) is 0 Å². The molecule has 2 aromatic carbocycles. The molecule has 248 valence electrons. The summed E-state index contributed by atoms with van der Waals surface area (Å²) in [6.07, 6.45) is 24.1. The first-order chi connectivity index (χ1) is 22.0. The molecule has 0 aliphatic carbocycles. The van der Waals surface area contributed by atoms with Gasteiger partial charge in [0.1, 0.15) is 11.6 Å². The molecule has 0 aliphatic heterocycles. The maximum absolute atomic E-state index is 11.3. The van der Waals surface area contributed by atoms with Crippen molar-refractivity contribution in [3.05, 3.63) is 63.2 Å². The lowest BCUT2D eigenvalue weighted by Gasteiger charge is -2.33. The minimum Gasteiger partial charge on any atom is -0.370 e. The van der Waals surface area contributed by atoms with Gasteiger partial charge in [-0.3, -0.25) is 10.1 Å². The Labute approximate surface area is 274 Å². The first kappa shape index (κ1) is 37.9. The minimum absolute atomic E-state index is 0.0882. The van der Waals surface area contributed by atoms with Gasteiger partial charge >= 0.3 is 0 Å². The summed E-state index contributed by atoms with van der Waals surface area (Å²) in [6, 6.07) is 13.6. The van der Waals surface area contributed by atoms with Crippen molar-refractivity contribution in [2.45, 2.75) is 130 Å². The Morgan fingerprint density at radius 1 is 0.622 bits per heavy atom. The molecule has 0 spiro atoms. The van der Waals surface area contributed by atoms with Gasteiger partial charge in [0, 0.05) is 32.2 Å². The zero-order valence-electron chi connectivity index (χ0n) is 28.9. The molecule has 2 rings (SSSR count). The normalized spacial score (nSPS) is 11.2. The SMILES string of the molecule is CCCCCCN(CCCCCC)c1ccc(C=Cc2ccc([N+](=O)[O-])c(C#N)c2)cc1N(CCCCCC)CCCCCC. The summed E-state index contributed by atoms with van der Waals surface area (Å²) >= 11 is 0. The number of nitriles is 1. The number of nitro benzene ring substituents is 1. The Kier molecular flexibility index (Phi) is 19.4. The summed E-state index contributed by atoms with van der Waals surface area (Å²) in [5.74, 6) is 0. The van der Waals surface area contributed by atoms with Gasteiger partial charge < -0.3 is 9.80 Å². The summed E-state index contributed by atoms with van der Waals surface area (Å²) in [5, 5.41) is 20.8. The van der Waals surface area contributed by atoms with Crippen molar-refractivity contribution in [1.82, 2.24) is 0 Å². The van der Waals surface area contributed by atoms with Crippen LogP contribution in [-0.2, 0) is 0 Å². The Morgan fingerprint density at radius 3 is 1.47 bits per heavy atom. The number of nitro groups is 1. The molecular weight excluding hydrogens is 556 g/mol. The van der Waals surface area contributed by atoms with E-state index in [2.05, 4.69) is 61.8 Å². The molecule has 2 aromatic rings. The monoisotopic (exact) mass is 616 g/mol. The standard InChI is InChI=1S/C39H60N4O2/c1-5-9-13-17-27-41(28-18-14-10-6-2)38-26-24-35(22-21-34-23-25-37(43(44)45)36(31-34)33-40)32-39(38)42(29-19-15-11-7-3)30-20-16-12-8-4/h21-26,31-32H,5-20,27-30H2,1-4H3. The van der Waals surface area contributed by atoms with Gasteiger partial charge in [-0.25, -0.2) is 0 Å². The molecule has 45 heavy (non-hydrogen) atoms. The summed E-state index contributed by atoms with van der Waals surface area (Å²) < 4.78 is 0. The summed E-state index contributed by atoms with van der Waals surface area (Å²) in [6.45, 7) is 13.4. The highest BCUT2D eigenvalue weighted by Crippen LogP contribution is 2.33. The van der Waals surface area contributed by atoms with E-state index in [0.717, 1.165) is 37.3 Å². The van der Waals surface area contributed by atoms with E-state index in [1.54, 1.807) is 12.1 Å². The first-order valence-electron chi connectivity index (χ1n) is 18.0. The van der Waals surface area contributed by atoms with E-state index in [9.17, 15) is 15.4 Å². The lowest BCUT2D eigenvalue weighted by molar-refractivity contribution is -0.385. The topological polar surface area (TPSA) is 73.4 Å². The average Bonchev–Trinajstić information content (AvgIpc) is 3.05. The average molecular weight is 617 g/mol. The number of benzene rings is 2. The Bertz CT molecular complexity index is 1160. The van der Waals surface area contributed by atoms with Crippen LogP contribution in [0.25, 0.3) is 12.2 Å². The minimum atomic E-state index is -0.497. The second-order valence-corrected chi connectivity index (χ2v) is 12.4. The number of hydrogen-bond acceptors (Lipinski definition) is 5. The number of anilines is 2. The second kappa shape index (κ2) is 23.1. The van der Waals surface area contributed by atoms with Crippen LogP contribution in [-0.4, -0.2) is 31.1 Å². The predicted octanol–water partition coefficient (Wildman–Crippen LogP) is 11.6. The van der Waals surface area contributed by atoms with Gasteiger partial charge in [-0.05, 0) is 61.1 Å². The Balaban J connectivity index is 2.50. The largest absolute Gasteiger partial charge is 0.370 e. The molecule has 0 saturated carbocycles. The van der Waals surface area contributed by atoms with E-state index < -0.39 is 4.92 Å². The van der Waals surface area contributed by atoms with Crippen molar-refractivity contribution in [3.8, 4) is 6.07 Å². The van der Waals surface area contributed by atoms with Crippen LogP contribution in [0.15, 0.2) is 36.4 Å². The van der Waals surface area contributed by atoms with Gasteiger partial charge in [0.05, 0.1) is 16.3 Å². The van der Waals surface area contributed by atoms with Crippen LogP contribution in [0.4, 0.5) is 17.1 Å². The van der Waals surface area contributed by atoms with Gasteiger partial charge in [-0.1, -0.05) is 123 Å². The third-order valence-electron chi connectivity index (χ3n) is 8.61. The quantitative estimate of drug-likeness (QED) is 0.0480. The maximum Gasteiger partial charge on any atom is 0.287 e. The molecule has 0 unspecified atom stereocenters. The fourth-order valence-electron chi connectivity index (χ4n) is 5.89. The summed E-state index contributed by atoms with van der Waals surface area (Å²) in [4.78, 5) is 16.1. The number of unbranched alkanes of at least 4 members (excludes halogenated alkanes) is 12. The first-order valence-corrected chi connectivity index (χ1v) is 18.0. The molecule has 0 aromatic heterocycles. The second-order valence-electron chi connectivity index (χ2n) is 12.4. The van der Waals surface area contributed by atoms with Crippen molar-refractivity contribution in [2.24, 2.45) is 0 Å². The lowest BCUT2D eigenvalue weighted by Crippen LogP contribution is -2.31. The van der Waals surface area contributed by atoms with Crippen LogP contribution in [0.3, 0.4) is 0 Å². The van der Waals surface area contributed by atoms with Crippen molar-refractivity contribution >= 4 is 29.2 Å². The molecular formula is C39H60N4O2. The fraction of sp³-hybridized carbons (Fsp3) is 0.615. The highest BCUT2D eigenvalue weighted by molar-refractivity contribution is 5.79. The number of rotatable bonds is 25. The van der Waals surface area contributed by atoms with E-state index >= 15 is 0 Å². The van der Waals surface area contributed by atoms with E-state index in [4.69, 9.17) is 0 Å². The smallest absolute Gasteiger partial charge is 0.287 e. The highest BCUT2D eigenvalue weighted by atomic mass is 16.6. The van der Waals surface area contributed by atoms with Crippen LogP contribution in [0, 0.1) is 21.4 Å². The molecule has 0 N–H and O–H groups in total. The third kappa shape index (κ3) is 14.1. The zero-order chi connectivity index (χ0) is 32.7. The van der Waals surface area contributed by atoms with Crippen molar-refractivity contribution in [1.29, 1.82) is 5.26 Å². The molecule has 0 heterocycles. The van der Waals surface area contributed by atoms with Crippen molar-refractivity contribution in [3.63, 3.8) is 0 Å². The van der Waals surface area contributed by atoms with Crippen LogP contribution < -0.4 is 9.80 Å². The molecule has 6 nitrogen and oxygen atoms in total. The fourth-order valence-corrected chi connectivity index (χ4v) is 5.89. The van der Waals surface area contributed by atoms with Crippen LogP contribution in [0.1, 0.15) is 147 Å². The van der Waals surface area contributed by atoms with Gasteiger partial charge in [-0.2, -0.15) is 5.26 Å². The van der Waals surface area contributed by atoms with E-state index in [1.807, 2.05) is 12.1 Å². The van der Waals surface area contributed by atoms with Crippen molar-refractivity contribution < 1.29 is 4.92 Å². The molecule has 0 bridgehead atoms. The van der Waals surface area contributed by atoms with Crippen LogP contribution in [0.2, 0.25) is 0 Å². The van der Waals surface area contributed by atoms with Gasteiger partial charge in [-0.15, -0.1) is 0 Å². The lowest BCUT2D eigenvalue weighted by atomic mass is 10.0.